The smallest absolute Gasteiger partial charge is 0.267 e. The minimum absolute atomic E-state index is 0.0998. The van der Waals surface area contributed by atoms with Crippen LogP contribution in [0.25, 0.3) is 0 Å². The van der Waals surface area contributed by atoms with E-state index in [0.29, 0.717) is 10.8 Å². The zero-order valence-corrected chi connectivity index (χ0v) is 13.6. The second-order valence-electron chi connectivity index (χ2n) is 5.73. The standard InChI is InChI=1S/C16H20N4OS/c1-2-14-15(22-19-18-14)16(21)20-8-4-6-13(11-20)9-12-5-3-7-17-10-12/h3,5,7,10,13H,2,4,6,8-9,11H2,1H3/t13-/m1/s1. The van der Waals surface area contributed by atoms with Gasteiger partial charge in [-0.15, -0.1) is 5.10 Å². The molecular weight excluding hydrogens is 296 g/mol. The lowest BCUT2D eigenvalue weighted by Gasteiger charge is -2.32. The number of hydrogen-bond donors (Lipinski definition) is 0. The molecule has 0 aromatic carbocycles. The number of aromatic nitrogens is 3. The molecule has 1 aliphatic rings. The summed E-state index contributed by atoms with van der Waals surface area (Å²) < 4.78 is 3.93. The third-order valence-electron chi connectivity index (χ3n) is 4.14. The van der Waals surface area contributed by atoms with Gasteiger partial charge in [0.25, 0.3) is 5.91 Å². The molecule has 1 amide bonds. The van der Waals surface area contributed by atoms with Crippen molar-refractivity contribution in [2.24, 2.45) is 5.92 Å². The first-order valence-corrected chi connectivity index (χ1v) is 8.54. The predicted octanol–water partition coefficient (Wildman–Crippen LogP) is 2.59. The highest BCUT2D eigenvalue weighted by Crippen LogP contribution is 2.23. The van der Waals surface area contributed by atoms with Gasteiger partial charge in [0, 0.05) is 25.5 Å². The quantitative estimate of drug-likeness (QED) is 0.870. The van der Waals surface area contributed by atoms with Crippen LogP contribution in [-0.2, 0) is 12.8 Å². The first-order chi connectivity index (χ1) is 10.8. The lowest BCUT2D eigenvalue weighted by atomic mass is 9.92. The third kappa shape index (κ3) is 3.32. The molecule has 0 unspecified atom stereocenters. The van der Waals surface area contributed by atoms with Crippen molar-refractivity contribution in [3.63, 3.8) is 0 Å². The Morgan fingerprint density at radius 3 is 3.18 bits per heavy atom. The van der Waals surface area contributed by atoms with Gasteiger partial charge in [0.05, 0.1) is 5.69 Å². The first-order valence-electron chi connectivity index (χ1n) is 7.77. The maximum absolute atomic E-state index is 12.7. The maximum atomic E-state index is 12.7. The van der Waals surface area contributed by atoms with Gasteiger partial charge in [-0.25, -0.2) is 0 Å². The van der Waals surface area contributed by atoms with Crippen LogP contribution in [0.2, 0.25) is 0 Å². The highest BCUT2D eigenvalue weighted by molar-refractivity contribution is 7.08. The van der Waals surface area contributed by atoms with Gasteiger partial charge in [-0.3, -0.25) is 9.78 Å². The van der Waals surface area contributed by atoms with Crippen LogP contribution in [0.15, 0.2) is 24.5 Å². The summed E-state index contributed by atoms with van der Waals surface area (Å²) >= 11 is 1.22. The number of nitrogens with zero attached hydrogens (tertiary/aromatic N) is 4. The lowest BCUT2D eigenvalue weighted by Crippen LogP contribution is -2.40. The summed E-state index contributed by atoms with van der Waals surface area (Å²) in [5, 5.41) is 4.05. The number of aryl methyl sites for hydroxylation is 1. The van der Waals surface area contributed by atoms with E-state index in [0.717, 1.165) is 38.0 Å². The van der Waals surface area contributed by atoms with Crippen molar-refractivity contribution in [3.8, 4) is 0 Å². The Kier molecular flexibility index (Phi) is 4.77. The SMILES string of the molecule is CCc1nnsc1C(=O)N1CCC[C@H](Cc2cccnc2)C1. The van der Waals surface area contributed by atoms with Crippen molar-refractivity contribution in [1.82, 2.24) is 19.5 Å². The molecule has 1 atom stereocenters. The summed E-state index contributed by atoms with van der Waals surface area (Å²) in [6.45, 7) is 3.66. The first kappa shape index (κ1) is 15.1. The van der Waals surface area contributed by atoms with E-state index in [1.54, 1.807) is 6.20 Å². The maximum Gasteiger partial charge on any atom is 0.267 e. The average molecular weight is 316 g/mol. The van der Waals surface area contributed by atoms with Crippen molar-refractivity contribution in [3.05, 3.63) is 40.7 Å². The number of amides is 1. The number of hydrogen-bond acceptors (Lipinski definition) is 5. The van der Waals surface area contributed by atoms with E-state index in [4.69, 9.17) is 0 Å². The van der Waals surface area contributed by atoms with Crippen LogP contribution < -0.4 is 0 Å². The Balaban J connectivity index is 1.66. The van der Waals surface area contributed by atoms with E-state index >= 15 is 0 Å². The van der Waals surface area contributed by atoms with Crippen LogP contribution >= 0.6 is 11.5 Å². The highest BCUT2D eigenvalue weighted by atomic mass is 32.1. The summed E-state index contributed by atoms with van der Waals surface area (Å²) in [4.78, 5) is 19.5. The Labute approximate surface area is 134 Å². The fourth-order valence-electron chi connectivity index (χ4n) is 3.01. The molecule has 1 saturated heterocycles. The minimum Gasteiger partial charge on any atom is -0.338 e. The lowest BCUT2D eigenvalue weighted by molar-refractivity contribution is 0.0677. The number of carbonyl (C=O) groups excluding carboxylic acids is 1. The van der Waals surface area contributed by atoms with Crippen LogP contribution in [0, 0.1) is 5.92 Å². The van der Waals surface area contributed by atoms with Crippen molar-refractivity contribution >= 4 is 17.4 Å². The molecule has 3 rings (SSSR count). The Bertz CT molecular complexity index is 628. The molecule has 1 fully saturated rings. The van der Waals surface area contributed by atoms with Crippen LogP contribution in [0.1, 0.15) is 40.7 Å². The van der Waals surface area contributed by atoms with Crippen LogP contribution in [0.4, 0.5) is 0 Å². The van der Waals surface area contributed by atoms with E-state index in [-0.39, 0.29) is 5.91 Å². The number of carbonyl (C=O) groups is 1. The second-order valence-corrected chi connectivity index (χ2v) is 6.48. The molecule has 0 radical (unpaired) electrons. The molecule has 1 aliphatic heterocycles. The van der Waals surface area contributed by atoms with E-state index in [1.165, 1.54) is 23.5 Å². The van der Waals surface area contributed by atoms with Crippen molar-refractivity contribution in [2.45, 2.75) is 32.6 Å². The van der Waals surface area contributed by atoms with Gasteiger partial charge in [-0.05, 0) is 54.8 Å². The van der Waals surface area contributed by atoms with E-state index in [2.05, 4.69) is 20.6 Å². The molecule has 5 nitrogen and oxygen atoms in total. The van der Waals surface area contributed by atoms with Gasteiger partial charge in [0.2, 0.25) is 0 Å². The predicted molar refractivity (Wildman–Crippen MR) is 85.9 cm³/mol. The summed E-state index contributed by atoms with van der Waals surface area (Å²) in [7, 11) is 0. The summed E-state index contributed by atoms with van der Waals surface area (Å²) in [5.74, 6) is 0.607. The van der Waals surface area contributed by atoms with Gasteiger partial charge in [-0.2, -0.15) is 0 Å². The molecule has 0 bridgehead atoms. The van der Waals surface area contributed by atoms with Crippen molar-refractivity contribution < 1.29 is 4.79 Å². The molecular formula is C16H20N4OS. The van der Waals surface area contributed by atoms with E-state index in [1.807, 2.05) is 24.1 Å². The summed E-state index contributed by atoms with van der Waals surface area (Å²) in [5.41, 5.74) is 2.07. The van der Waals surface area contributed by atoms with Crippen LogP contribution in [0.3, 0.4) is 0 Å². The monoisotopic (exact) mass is 316 g/mol. The van der Waals surface area contributed by atoms with Gasteiger partial charge < -0.3 is 4.90 Å². The normalized spacial score (nSPS) is 18.4. The van der Waals surface area contributed by atoms with Crippen LogP contribution in [0.5, 0.6) is 0 Å². The Morgan fingerprint density at radius 1 is 1.50 bits per heavy atom. The second kappa shape index (κ2) is 6.96. The van der Waals surface area contributed by atoms with Gasteiger partial charge >= 0.3 is 0 Å². The number of piperidine rings is 1. The molecule has 0 N–H and O–H groups in total. The zero-order valence-electron chi connectivity index (χ0n) is 12.7. The number of pyridine rings is 1. The summed E-state index contributed by atoms with van der Waals surface area (Å²) in [6, 6.07) is 4.08. The zero-order chi connectivity index (χ0) is 15.4. The van der Waals surface area contributed by atoms with E-state index < -0.39 is 0 Å². The average Bonchev–Trinajstić information content (AvgIpc) is 3.04. The highest BCUT2D eigenvalue weighted by Gasteiger charge is 2.27. The Morgan fingerprint density at radius 2 is 2.41 bits per heavy atom. The van der Waals surface area contributed by atoms with Gasteiger partial charge in [-0.1, -0.05) is 17.5 Å². The van der Waals surface area contributed by atoms with E-state index in [9.17, 15) is 4.79 Å². The molecule has 116 valence electrons. The number of likely N-dealkylation sites (tertiary alicyclic amines) is 1. The third-order valence-corrected chi connectivity index (χ3v) is 4.89. The van der Waals surface area contributed by atoms with Crippen LogP contribution in [-0.4, -0.2) is 38.5 Å². The molecule has 22 heavy (non-hydrogen) atoms. The topological polar surface area (TPSA) is 59.0 Å². The molecule has 2 aromatic rings. The molecule has 0 spiro atoms. The van der Waals surface area contributed by atoms with Gasteiger partial charge in [0.15, 0.2) is 0 Å². The molecule has 3 heterocycles. The van der Waals surface area contributed by atoms with Crippen molar-refractivity contribution in [2.75, 3.05) is 13.1 Å². The summed E-state index contributed by atoms with van der Waals surface area (Å²) in [6.07, 6.45) is 7.68. The molecule has 0 saturated carbocycles. The fourth-order valence-corrected chi connectivity index (χ4v) is 3.73. The molecule has 0 aliphatic carbocycles. The number of rotatable bonds is 4. The molecule has 6 heteroatoms. The fraction of sp³-hybridized carbons (Fsp3) is 0.500. The Hall–Kier alpha value is -1.82. The van der Waals surface area contributed by atoms with Crippen molar-refractivity contribution in [1.29, 1.82) is 0 Å². The minimum atomic E-state index is 0.0998. The van der Waals surface area contributed by atoms with Gasteiger partial charge in [0.1, 0.15) is 4.88 Å². The largest absolute Gasteiger partial charge is 0.338 e. The molecule has 2 aromatic heterocycles.